The Bertz CT molecular complexity index is 419. The molecule has 3 heteroatoms. The summed E-state index contributed by atoms with van der Waals surface area (Å²) in [7, 11) is 0. The lowest BCUT2D eigenvalue weighted by Crippen LogP contribution is -2.20. The fourth-order valence-electron chi connectivity index (χ4n) is 3.56. The summed E-state index contributed by atoms with van der Waals surface area (Å²) in [4.78, 5) is 0. The van der Waals surface area contributed by atoms with Crippen LogP contribution < -0.4 is 11.1 Å². The molecule has 2 nitrogen and oxygen atoms in total. The SMILES string of the molecule is Nc1cc(Cl)ccc1NCC1CC2CCC1C2. The third kappa shape index (κ3) is 2.23. The monoisotopic (exact) mass is 250 g/mol. The quantitative estimate of drug-likeness (QED) is 0.802. The third-order valence-corrected chi connectivity index (χ3v) is 4.69. The molecular formula is C14H19ClN2. The second-order valence-corrected chi connectivity index (χ2v) is 5.98. The zero-order chi connectivity index (χ0) is 11.8. The van der Waals surface area contributed by atoms with Gasteiger partial charge in [0.1, 0.15) is 0 Å². The number of fused-ring (bicyclic) bond motifs is 2. The average molecular weight is 251 g/mol. The molecule has 0 saturated heterocycles. The number of nitrogens with one attached hydrogen (secondary N) is 1. The largest absolute Gasteiger partial charge is 0.397 e. The van der Waals surface area contributed by atoms with Crippen molar-refractivity contribution in [2.24, 2.45) is 17.8 Å². The van der Waals surface area contributed by atoms with E-state index in [1.807, 2.05) is 18.2 Å². The Morgan fingerprint density at radius 3 is 2.82 bits per heavy atom. The Balaban J connectivity index is 1.60. The summed E-state index contributed by atoms with van der Waals surface area (Å²) in [5.41, 5.74) is 7.71. The van der Waals surface area contributed by atoms with Gasteiger partial charge in [0.2, 0.25) is 0 Å². The molecule has 0 amide bonds. The highest BCUT2D eigenvalue weighted by molar-refractivity contribution is 6.31. The van der Waals surface area contributed by atoms with Gasteiger partial charge >= 0.3 is 0 Å². The third-order valence-electron chi connectivity index (χ3n) is 4.45. The first-order valence-electron chi connectivity index (χ1n) is 6.51. The van der Waals surface area contributed by atoms with Gasteiger partial charge < -0.3 is 11.1 Å². The molecule has 2 aliphatic carbocycles. The summed E-state index contributed by atoms with van der Waals surface area (Å²) in [6.07, 6.45) is 5.77. The van der Waals surface area contributed by atoms with Crippen molar-refractivity contribution in [2.75, 3.05) is 17.6 Å². The minimum atomic E-state index is 0.702. The lowest BCUT2D eigenvalue weighted by Gasteiger charge is -2.22. The van der Waals surface area contributed by atoms with E-state index in [-0.39, 0.29) is 0 Å². The maximum Gasteiger partial charge on any atom is 0.0575 e. The van der Waals surface area contributed by atoms with Crippen LogP contribution in [-0.4, -0.2) is 6.54 Å². The second-order valence-electron chi connectivity index (χ2n) is 5.55. The number of benzene rings is 1. The first kappa shape index (κ1) is 11.2. The van der Waals surface area contributed by atoms with Crippen LogP contribution in [0.25, 0.3) is 0 Å². The van der Waals surface area contributed by atoms with Crippen LogP contribution in [0.4, 0.5) is 11.4 Å². The molecule has 3 atom stereocenters. The van der Waals surface area contributed by atoms with E-state index in [1.165, 1.54) is 25.7 Å². The number of anilines is 2. The number of nitrogens with two attached hydrogens (primary N) is 1. The first-order valence-corrected chi connectivity index (χ1v) is 6.89. The average Bonchev–Trinajstić information content (AvgIpc) is 2.89. The van der Waals surface area contributed by atoms with Crippen molar-refractivity contribution >= 4 is 23.0 Å². The molecule has 3 unspecified atom stereocenters. The maximum absolute atomic E-state index is 5.94. The summed E-state index contributed by atoms with van der Waals surface area (Å²) in [6.45, 7) is 1.06. The standard InChI is InChI=1S/C14H19ClN2/c15-12-3-4-14(13(16)7-12)17-8-11-6-9-1-2-10(11)5-9/h3-4,7,9-11,17H,1-2,5-6,8,16H2. The summed E-state index contributed by atoms with van der Waals surface area (Å²) in [5, 5.41) is 4.19. The minimum Gasteiger partial charge on any atom is -0.397 e. The van der Waals surface area contributed by atoms with Gasteiger partial charge in [-0.05, 0) is 55.2 Å². The van der Waals surface area contributed by atoms with E-state index in [9.17, 15) is 0 Å². The first-order chi connectivity index (χ1) is 8.22. The topological polar surface area (TPSA) is 38.0 Å². The molecule has 92 valence electrons. The second kappa shape index (κ2) is 4.41. The Kier molecular flexibility index (Phi) is 2.91. The van der Waals surface area contributed by atoms with Crippen LogP contribution in [0, 0.1) is 17.8 Å². The van der Waals surface area contributed by atoms with Gasteiger partial charge in [-0.1, -0.05) is 18.0 Å². The van der Waals surface area contributed by atoms with Gasteiger partial charge in [-0.2, -0.15) is 0 Å². The van der Waals surface area contributed by atoms with Gasteiger partial charge in [-0.15, -0.1) is 0 Å². The summed E-state index contributed by atoms with van der Waals surface area (Å²) in [6, 6.07) is 5.68. The fourth-order valence-corrected chi connectivity index (χ4v) is 3.74. The van der Waals surface area contributed by atoms with Crippen molar-refractivity contribution < 1.29 is 0 Å². The molecule has 2 fully saturated rings. The van der Waals surface area contributed by atoms with Crippen LogP contribution in [0.2, 0.25) is 5.02 Å². The summed E-state index contributed by atoms with van der Waals surface area (Å²) in [5.74, 6) is 2.82. The Morgan fingerprint density at radius 2 is 2.18 bits per heavy atom. The maximum atomic E-state index is 5.94. The zero-order valence-corrected chi connectivity index (χ0v) is 10.7. The van der Waals surface area contributed by atoms with Crippen LogP contribution in [0.15, 0.2) is 18.2 Å². The number of halogens is 1. The molecule has 3 N–H and O–H groups in total. The molecule has 2 aliphatic rings. The molecule has 2 bridgehead atoms. The smallest absolute Gasteiger partial charge is 0.0575 e. The van der Waals surface area contributed by atoms with Gasteiger partial charge in [-0.3, -0.25) is 0 Å². The number of rotatable bonds is 3. The van der Waals surface area contributed by atoms with Crippen molar-refractivity contribution in [2.45, 2.75) is 25.7 Å². The molecule has 17 heavy (non-hydrogen) atoms. The predicted octanol–water partition coefficient (Wildman–Crippen LogP) is 3.77. The molecular weight excluding hydrogens is 232 g/mol. The Hall–Kier alpha value is -0.890. The van der Waals surface area contributed by atoms with Crippen molar-refractivity contribution in [3.8, 4) is 0 Å². The van der Waals surface area contributed by atoms with E-state index in [2.05, 4.69) is 5.32 Å². The molecule has 2 saturated carbocycles. The Labute approximate surface area is 108 Å². The molecule has 0 radical (unpaired) electrons. The van der Waals surface area contributed by atoms with Gasteiger partial charge in [0, 0.05) is 11.6 Å². The molecule has 1 aromatic carbocycles. The van der Waals surface area contributed by atoms with E-state index in [1.54, 1.807) is 0 Å². The molecule has 0 spiro atoms. The van der Waals surface area contributed by atoms with Crippen LogP contribution >= 0.6 is 11.6 Å². The van der Waals surface area contributed by atoms with Crippen LogP contribution in [0.3, 0.4) is 0 Å². The zero-order valence-electron chi connectivity index (χ0n) is 9.95. The van der Waals surface area contributed by atoms with E-state index in [4.69, 9.17) is 17.3 Å². The van der Waals surface area contributed by atoms with Crippen molar-refractivity contribution in [1.29, 1.82) is 0 Å². The summed E-state index contributed by atoms with van der Waals surface area (Å²) >= 11 is 5.89. The lowest BCUT2D eigenvalue weighted by atomic mass is 9.89. The molecule has 0 aromatic heterocycles. The van der Waals surface area contributed by atoms with Gasteiger partial charge in [-0.25, -0.2) is 0 Å². The fraction of sp³-hybridized carbons (Fsp3) is 0.571. The molecule has 0 aliphatic heterocycles. The lowest BCUT2D eigenvalue weighted by molar-refractivity contribution is 0.348. The van der Waals surface area contributed by atoms with Crippen molar-refractivity contribution in [3.05, 3.63) is 23.2 Å². The summed E-state index contributed by atoms with van der Waals surface area (Å²) < 4.78 is 0. The van der Waals surface area contributed by atoms with E-state index in [0.717, 1.165) is 35.7 Å². The van der Waals surface area contributed by atoms with Crippen LogP contribution in [-0.2, 0) is 0 Å². The minimum absolute atomic E-state index is 0.702. The van der Waals surface area contributed by atoms with Crippen LogP contribution in [0.1, 0.15) is 25.7 Å². The molecule has 3 rings (SSSR count). The van der Waals surface area contributed by atoms with Crippen molar-refractivity contribution in [3.63, 3.8) is 0 Å². The van der Waals surface area contributed by atoms with Gasteiger partial charge in [0.25, 0.3) is 0 Å². The van der Waals surface area contributed by atoms with Gasteiger partial charge in [0.05, 0.1) is 11.4 Å². The normalized spacial score (nSPS) is 30.8. The van der Waals surface area contributed by atoms with E-state index in [0.29, 0.717) is 5.02 Å². The molecule has 1 aromatic rings. The van der Waals surface area contributed by atoms with Gasteiger partial charge in [0.15, 0.2) is 0 Å². The highest BCUT2D eigenvalue weighted by Gasteiger charge is 2.38. The highest BCUT2D eigenvalue weighted by Crippen LogP contribution is 2.48. The molecule has 0 heterocycles. The predicted molar refractivity (Wildman–Crippen MR) is 73.3 cm³/mol. The van der Waals surface area contributed by atoms with Crippen molar-refractivity contribution in [1.82, 2.24) is 0 Å². The van der Waals surface area contributed by atoms with E-state index >= 15 is 0 Å². The van der Waals surface area contributed by atoms with E-state index < -0.39 is 0 Å². The highest BCUT2D eigenvalue weighted by atomic mass is 35.5. The number of hydrogen-bond donors (Lipinski definition) is 2. The number of hydrogen-bond acceptors (Lipinski definition) is 2. The van der Waals surface area contributed by atoms with Crippen LogP contribution in [0.5, 0.6) is 0 Å². The number of nitrogen functional groups attached to an aromatic ring is 1. The Morgan fingerprint density at radius 1 is 1.29 bits per heavy atom.